The second kappa shape index (κ2) is 6.99. The van der Waals surface area contributed by atoms with Gasteiger partial charge in [-0.3, -0.25) is 4.79 Å². The molecule has 0 spiro atoms. The minimum absolute atomic E-state index is 0.101. The molecule has 128 valence electrons. The zero-order valence-electron chi connectivity index (χ0n) is 13.7. The zero-order chi connectivity index (χ0) is 18.0. The van der Waals surface area contributed by atoms with Crippen molar-refractivity contribution in [2.24, 2.45) is 0 Å². The highest BCUT2D eigenvalue weighted by molar-refractivity contribution is 6.30. The van der Waals surface area contributed by atoms with Gasteiger partial charge >= 0.3 is 5.97 Å². The Morgan fingerprint density at radius 2 is 1.92 bits per heavy atom. The van der Waals surface area contributed by atoms with Gasteiger partial charge < -0.3 is 14.5 Å². The van der Waals surface area contributed by atoms with Crippen LogP contribution in [0.25, 0.3) is 11.0 Å². The first-order valence-corrected chi connectivity index (χ1v) is 8.09. The van der Waals surface area contributed by atoms with Gasteiger partial charge in [0.1, 0.15) is 5.58 Å². The minimum atomic E-state index is -0.987. The maximum Gasteiger partial charge on any atom is 0.375 e. The lowest BCUT2D eigenvalue weighted by Crippen LogP contribution is -2.30. The Hall–Kier alpha value is -2.79. The van der Waals surface area contributed by atoms with E-state index >= 15 is 0 Å². The third-order valence-corrected chi connectivity index (χ3v) is 4.01. The van der Waals surface area contributed by atoms with E-state index in [4.69, 9.17) is 20.8 Å². The van der Waals surface area contributed by atoms with E-state index in [1.807, 2.05) is 18.2 Å². The van der Waals surface area contributed by atoms with Crippen LogP contribution in [0.1, 0.15) is 23.0 Å². The van der Waals surface area contributed by atoms with Crippen molar-refractivity contribution in [1.82, 2.24) is 0 Å². The Kier molecular flexibility index (Phi) is 4.76. The number of nitrogens with one attached hydrogen (secondary N) is 1. The zero-order valence-corrected chi connectivity index (χ0v) is 14.5. The van der Waals surface area contributed by atoms with Crippen LogP contribution in [0.2, 0.25) is 5.02 Å². The molecule has 1 aromatic heterocycles. The van der Waals surface area contributed by atoms with Gasteiger partial charge in [-0.2, -0.15) is 0 Å². The molecule has 0 fully saturated rings. The second-order valence-electron chi connectivity index (χ2n) is 5.60. The number of anilines is 1. The average Bonchev–Trinajstić information content (AvgIpc) is 2.92. The number of aryl methyl sites for hydroxylation is 1. The molecule has 3 aromatic rings. The van der Waals surface area contributed by atoms with Crippen molar-refractivity contribution in [3.05, 3.63) is 64.9 Å². The number of amides is 1. The van der Waals surface area contributed by atoms with Crippen molar-refractivity contribution in [1.29, 1.82) is 0 Å². The first-order chi connectivity index (χ1) is 12.0. The molecular weight excluding hydrogens is 342 g/mol. The lowest BCUT2D eigenvalue weighted by atomic mass is 10.1. The number of fused-ring (bicyclic) bond motifs is 1. The highest BCUT2D eigenvalue weighted by Gasteiger charge is 2.24. The fraction of sp³-hybridized carbons (Fsp3) is 0.158. The van der Waals surface area contributed by atoms with Crippen LogP contribution in [0.15, 0.2) is 52.9 Å². The van der Waals surface area contributed by atoms with Gasteiger partial charge in [-0.15, -0.1) is 0 Å². The van der Waals surface area contributed by atoms with Crippen molar-refractivity contribution >= 4 is 40.1 Å². The second-order valence-corrected chi connectivity index (χ2v) is 6.04. The molecule has 1 atom stereocenters. The SMILES string of the molecule is Cc1c(C(=O)OC(C)C(=O)Nc2cccc(Cl)c2)oc2ccccc12. The summed E-state index contributed by atoms with van der Waals surface area (Å²) in [5.74, 6) is -1.03. The highest BCUT2D eigenvalue weighted by atomic mass is 35.5. The Morgan fingerprint density at radius 1 is 1.16 bits per heavy atom. The van der Waals surface area contributed by atoms with E-state index in [0.717, 1.165) is 5.39 Å². The van der Waals surface area contributed by atoms with E-state index in [9.17, 15) is 9.59 Å². The number of halogens is 1. The molecule has 5 nitrogen and oxygen atoms in total. The van der Waals surface area contributed by atoms with Crippen molar-refractivity contribution < 1.29 is 18.7 Å². The van der Waals surface area contributed by atoms with Gasteiger partial charge in [0, 0.05) is 21.7 Å². The summed E-state index contributed by atoms with van der Waals surface area (Å²) in [6, 6.07) is 14.0. The number of carbonyl (C=O) groups excluding carboxylic acids is 2. The Bertz CT molecular complexity index is 948. The van der Waals surface area contributed by atoms with Crippen LogP contribution in [-0.4, -0.2) is 18.0 Å². The first-order valence-electron chi connectivity index (χ1n) is 7.71. The number of para-hydroxylation sites is 1. The molecule has 1 amide bonds. The number of furan rings is 1. The van der Waals surface area contributed by atoms with Crippen molar-refractivity contribution in [3.8, 4) is 0 Å². The maximum absolute atomic E-state index is 12.3. The van der Waals surface area contributed by atoms with Crippen LogP contribution in [0.3, 0.4) is 0 Å². The summed E-state index contributed by atoms with van der Waals surface area (Å²) in [6.45, 7) is 3.27. The molecule has 2 aromatic carbocycles. The summed E-state index contributed by atoms with van der Waals surface area (Å²) < 4.78 is 10.8. The van der Waals surface area contributed by atoms with Crippen molar-refractivity contribution in [2.45, 2.75) is 20.0 Å². The Labute approximate surface area is 149 Å². The number of ether oxygens (including phenoxy) is 1. The van der Waals surface area contributed by atoms with E-state index in [1.165, 1.54) is 6.92 Å². The molecule has 0 aliphatic rings. The molecule has 6 heteroatoms. The summed E-state index contributed by atoms with van der Waals surface area (Å²) in [5, 5.41) is 3.99. The van der Waals surface area contributed by atoms with Crippen LogP contribution in [0.5, 0.6) is 0 Å². The number of esters is 1. The molecule has 1 N–H and O–H groups in total. The topological polar surface area (TPSA) is 68.5 Å². The largest absolute Gasteiger partial charge is 0.449 e. The van der Waals surface area contributed by atoms with E-state index in [0.29, 0.717) is 21.9 Å². The molecule has 25 heavy (non-hydrogen) atoms. The van der Waals surface area contributed by atoms with E-state index in [1.54, 1.807) is 37.3 Å². The van der Waals surface area contributed by atoms with Gasteiger partial charge in [0.05, 0.1) is 0 Å². The summed E-state index contributed by atoms with van der Waals surface area (Å²) in [4.78, 5) is 24.5. The molecule has 3 rings (SSSR count). The van der Waals surface area contributed by atoms with Gasteiger partial charge in [0.15, 0.2) is 6.10 Å². The van der Waals surface area contributed by atoms with Gasteiger partial charge in [-0.1, -0.05) is 35.9 Å². The number of hydrogen-bond acceptors (Lipinski definition) is 4. The lowest BCUT2D eigenvalue weighted by Gasteiger charge is -2.13. The fourth-order valence-corrected chi connectivity index (χ4v) is 2.64. The number of rotatable bonds is 4. The quantitative estimate of drug-likeness (QED) is 0.694. The van der Waals surface area contributed by atoms with Crippen LogP contribution in [0, 0.1) is 6.92 Å². The smallest absolute Gasteiger partial charge is 0.375 e. The van der Waals surface area contributed by atoms with Crippen molar-refractivity contribution in [2.75, 3.05) is 5.32 Å². The maximum atomic E-state index is 12.3. The normalized spacial score (nSPS) is 12.0. The third-order valence-electron chi connectivity index (χ3n) is 3.77. The van der Waals surface area contributed by atoms with Gasteiger partial charge in [0.2, 0.25) is 5.76 Å². The highest BCUT2D eigenvalue weighted by Crippen LogP contribution is 2.25. The minimum Gasteiger partial charge on any atom is -0.449 e. The lowest BCUT2D eigenvalue weighted by molar-refractivity contribution is -0.123. The molecule has 0 aliphatic carbocycles. The molecule has 0 radical (unpaired) electrons. The van der Waals surface area contributed by atoms with Crippen LogP contribution < -0.4 is 5.32 Å². The molecule has 0 saturated carbocycles. The standard InChI is InChI=1S/C19H16ClNO4/c1-11-15-8-3-4-9-16(15)25-17(11)19(23)24-12(2)18(22)21-14-7-5-6-13(20)10-14/h3-10,12H,1-2H3,(H,21,22). The average molecular weight is 358 g/mol. The van der Waals surface area contributed by atoms with E-state index in [-0.39, 0.29) is 5.76 Å². The van der Waals surface area contributed by atoms with Gasteiger partial charge in [-0.05, 0) is 38.1 Å². The number of hydrogen-bond donors (Lipinski definition) is 1. The molecule has 0 saturated heterocycles. The molecule has 1 unspecified atom stereocenters. The number of carbonyl (C=O) groups is 2. The fourth-order valence-electron chi connectivity index (χ4n) is 2.45. The number of benzene rings is 2. The Balaban J connectivity index is 1.71. The summed E-state index contributed by atoms with van der Waals surface area (Å²) >= 11 is 5.88. The molecule has 1 heterocycles. The third kappa shape index (κ3) is 3.67. The molecule has 0 aliphatic heterocycles. The molecule has 0 bridgehead atoms. The van der Waals surface area contributed by atoms with Crippen LogP contribution in [-0.2, 0) is 9.53 Å². The van der Waals surface area contributed by atoms with E-state index < -0.39 is 18.0 Å². The van der Waals surface area contributed by atoms with Crippen LogP contribution in [0.4, 0.5) is 5.69 Å². The summed E-state index contributed by atoms with van der Waals surface area (Å²) in [6.07, 6.45) is -0.987. The monoisotopic (exact) mass is 357 g/mol. The summed E-state index contributed by atoms with van der Waals surface area (Å²) in [5.41, 5.74) is 1.81. The Morgan fingerprint density at radius 3 is 2.64 bits per heavy atom. The predicted octanol–water partition coefficient (Wildman–Crippen LogP) is 4.58. The first kappa shape index (κ1) is 17.0. The van der Waals surface area contributed by atoms with E-state index in [2.05, 4.69) is 5.32 Å². The predicted molar refractivity (Wildman–Crippen MR) is 95.9 cm³/mol. The van der Waals surface area contributed by atoms with Crippen molar-refractivity contribution in [3.63, 3.8) is 0 Å². The molecular formula is C19H16ClNO4. The van der Waals surface area contributed by atoms with Crippen LogP contribution >= 0.6 is 11.6 Å². The summed E-state index contributed by atoms with van der Waals surface area (Å²) in [7, 11) is 0. The van der Waals surface area contributed by atoms with Gasteiger partial charge in [-0.25, -0.2) is 4.79 Å². The van der Waals surface area contributed by atoms with Gasteiger partial charge in [0.25, 0.3) is 5.91 Å².